The van der Waals surface area contributed by atoms with Gasteiger partial charge >= 0.3 is 0 Å². The van der Waals surface area contributed by atoms with Gasteiger partial charge in [0, 0.05) is 0 Å². The number of hydrogen-bond donors (Lipinski definition) is 1. The molecule has 0 unspecified atom stereocenters. The summed E-state index contributed by atoms with van der Waals surface area (Å²) in [6.45, 7) is 3.98. The third kappa shape index (κ3) is 2.07. The van der Waals surface area contributed by atoms with E-state index >= 15 is 0 Å². The molecule has 1 heterocycles. The monoisotopic (exact) mass is 180 g/mol. The molecule has 4 heteroatoms. The second-order valence-corrected chi connectivity index (χ2v) is 3.53. The SMILES string of the molecule is C#CC(C)(C)N1CC(=O)NC(=O)C1. The van der Waals surface area contributed by atoms with E-state index in [0.29, 0.717) is 0 Å². The number of nitrogens with zero attached hydrogens (tertiary/aromatic N) is 1. The van der Waals surface area contributed by atoms with Crippen LogP contribution in [0, 0.1) is 12.3 Å². The molecule has 0 aliphatic carbocycles. The minimum atomic E-state index is -0.548. The van der Waals surface area contributed by atoms with Crippen molar-refractivity contribution in [2.75, 3.05) is 13.1 Å². The van der Waals surface area contributed by atoms with Gasteiger partial charge in [-0.1, -0.05) is 5.92 Å². The van der Waals surface area contributed by atoms with Crippen molar-refractivity contribution >= 4 is 11.8 Å². The predicted octanol–water partition coefficient (Wildman–Crippen LogP) is -0.643. The van der Waals surface area contributed by atoms with E-state index in [1.54, 1.807) is 18.7 Å². The quantitative estimate of drug-likeness (QED) is 0.431. The molecule has 2 amide bonds. The lowest BCUT2D eigenvalue weighted by Gasteiger charge is -2.35. The first-order valence-corrected chi connectivity index (χ1v) is 4.01. The van der Waals surface area contributed by atoms with Crippen LogP contribution in [0.5, 0.6) is 0 Å². The van der Waals surface area contributed by atoms with Crippen LogP contribution in [-0.4, -0.2) is 35.3 Å². The predicted molar refractivity (Wildman–Crippen MR) is 47.6 cm³/mol. The topological polar surface area (TPSA) is 49.4 Å². The zero-order valence-electron chi connectivity index (χ0n) is 7.76. The summed E-state index contributed by atoms with van der Waals surface area (Å²) in [6, 6.07) is 0. The second-order valence-electron chi connectivity index (χ2n) is 3.53. The molecule has 0 bridgehead atoms. The van der Waals surface area contributed by atoms with E-state index in [9.17, 15) is 9.59 Å². The van der Waals surface area contributed by atoms with Crippen molar-refractivity contribution in [2.24, 2.45) is 0 Å². The van der Waals surface area contributed by atoms with Gasteiger partial charge in [-0.2, -0.15) is 0 Å². The van der Waals surface area contributed by atoms with E-state index < -0.39 is 5.54 Å². The van der Waals surface area contributed by atoms with Crippen LogP contribution < -0.4 is 5.32 Å². The van der Waals surface area contributed by atoms with Crippen LogP contribution in [0.2, 0.25) is 0 Å². The van der Waals surface area contributed by atoms with E-state index in [1.807, 2.05) is 0 Å². The molecule has 0 aromatic carbocycles. The molecular formula is C9H12N2O2. The summed E-state index contributed by atoms with van der Waals surface area (Å²) in [5.41, 5.74) is -0.548. The van der Waals surface area contributed by atoms with E-state index in [-0.39, 0.29) is 24.9 Å². The molecule has 0 atom stereocenters. The average Bonchev–Trinajstić information content (AvgIpc) is 2.02. The molecule has 0 radical (unpaired) electrons. The van der Waals surface area contributed by atoms with Crippen molar-refractivity contribution in [2.45, 2.75) is 19.4 Å². The van der Waals surface area contributed by atoms with Crippen molar-refractivity contribution in [3.63, 3.8) is 0 Å². The van der Waals surface area contributed by atoms with Crippen LogP contribution in [-0.2, 0) is 9.59 Å². The van der Waals surface area contributed by atoms with Crippen LogP contribution in [0.3, 0.4) is 0 Å². The first-order chi connectivity index (χ1) is 5.95. The van der Waals surface area contributed by atoms with Gasteiger partial charge in [0.1, 0.15) is 0 Å². The summed E-state index contributed by atoms with van der Waals surface area (Å²) < 4.78 is 0. The smallest absolute Gasteiger partial charge is 0.240 e. The van der Waals surface area contributed by atoms with Gasteiger partial charge in [-0.25, -0.2) is 0 Å². The molecule has 1 rings (SSSR count). The molecule has 0 aromatic heterocycles. The van der Waals surface area contributed by atoms with Gasteiger partial charge in [-0.15, -0.1) is 6.42 Å². The molecule has 0 aromatic rings. The summed E-state index contributed by atoms with van der Waals surface area (Å²) in [5, 5.41) is 2.22. The Morgan fingerprint density at radius 2 is 1.85 bits per heavy atom. The Kier molecular flexibility index (Phi) is 2.39. The fraction of sp³-hybridized carbons (Fsp3) is 0.556. The molecule has 4 nitrogen and oxygen atoms in total. The van der Waals surface area contributed by atoms with Crippen LogP contribution >= 0.6 is 0 Å². The molecule has 70 valence electrons. The summed E-state index contributed by atoms with van der Waals surface area (Å²) in [7, 11) is 0. The van der Waals surface area contributed by atoms with Crippen molar-refractivity contribution in [1.82, 2.24) is 10.2 Å². The number of rotatable bonds is 1. The number of imide groups is 1. The fourth-order valence-corrected chi connectivity index (χ4v) is 1.12. The molecule has 1 saturated heterocycles. The van der Waals surface area contributed by atoms with Gasteiger partial charge in [0.25, 0.3) is 0 Å². The zero-order valence-corrected chi connectivity index (χ0v) is 7.76. The number of nitrogens with one attached hydrogen (secondary N) is 1. The molecular weight excluding hydrogens is 168 g/mol. The molecule has 1 N–H and O–H groups in total. The maximum absolute atomic E-state index is 11.0. The number of amides is 2. The van der Waals surface area contributed by atoms with E-state index in [2.05, 4.69) is 11.2 Å². The largest absolute Gasteiger partial charge is 0.294 e. The molecule has 1 fully saturated rings. The van der Waals surface area contributed by atoms with Crippen LogP contribution in [0.15, 0.2) is 0 Å². The Morgan fingerprint density at radius 1 is 1.38 bits per heavy atom. The van der Waals surface area contributed by atoms with Crippen molar-refractivity contribution in [3.8, 4) is 12.3 Å². The molecule has 0 saturated carbocycles. The lowest BCUT2D eigenvalue weighted by molar-refractivity contribution is -0.137. The van der Waals surface area contributed by atoms with Gasteiger partial charge in [0.2, 0.25) is 11.8 Å². The Balaban J connectivity index is 2.77. The van der Waals surface area contributed by atoms with Crippen molar-refractivity contribution < 1.29 is 9.59 Å². The van der Waals surface area contributed by atoms with Crippen molar-refractivity contribution in [1.29, 1.82) is 0 Å². The zero-order chi connectivity index (χ0) is 10.1. The summed E-state index contributed by atoms with van der Waals surface area (Å²) in [4.78, 5) is 23.7. The van der Waals surface area contributed by atoms with Gasteiger partial charge in [0.05, 0.1) is 18.6 Å². The van der Waals surface area contributed by atoms with Crippen LogP contribution in [0.4, 0.5) is 0 Å². The highest BCUT2D eigenvalue weighted by molar-refractivity contribution is 5.99. The molecule has 1 aliphatic rings. The van der Waals surface area contributed by atoms with Crippen LogP contribution in [0.1, 0.15) is 13.8 Å². The fourth-order valence-electron chi connectivity index (χ4n) is 1.12. The van der Waals surface area contributed by atoms with Crippen LogP contribution in [0.25, 0.3) is 0 Å². The number of hydrogen-bond acceptors (Lipinski definition) is 3. The maximum Gasteiger partial charge on any atom is 0.240 e. The Morgan fingerprint density at radius 3 is 2.23 bits per heavy atom. The Hall–Kier alpha value is -1.34. The average molecular weight is 180 g/mol. The van der Waals surface area contributed by atoms with Crippen molar-refractivity contribution in [3.05, 3.63) is 0 Å². The van der Waals surface area contributed by atoms with E-state index in [0.717, 1.165) is 0 Å². The third-order valence-corrected chi connectivity index (χ3v) is 2.09. The number of piperazine rings is 1. The minimum absolute atomic E-state index is 0.183. The highest BCUT2D eigenvalue weighted by Gasteiger charge is 2.32. The standard InChI is InChI=1S/C9H12N2O2/c1-4-9(2,3)11-5-7(12)10-8(13)6-11/h1H,5-6H2,2-3H3,(H,10,12,13). The minimum Gasteiger partial charge on any atom is -0.294 e. The number of carbonyl (C=O) groups is 2. The summed E-state index contributed by atoms with van der Waals surface area (Å²) in [6.07, 6.45) is 5.29. The Bertz CT molecular complexity index is 272. The first-order valence-electron chi connectivity index (χ1n) is 4.01. The maximum atomic E-state index is 11.0. The lowest BCUT2D eigenvalue weighted by atomic mass is 10.0. The number of carbonyl (C=O) groups excluding carboxylic acids is 2. The first kappa shape index (κ1) is 9.75. The van der Waals surface area contributed by atoms with E-state index in [4.69, 9.17) is 6.42 Å². The normalized spacial score (nSPS) is 19.5. The molecule has 1 aliphatic heterocycles. The van der Waals surface area contributed by atoms with E-state index in [1.165, 1.54) is 0 Å². The molecule has 0 spiro atoms. The van der Waals surface area contributed by atoms with Gasteiger partial charge in [-0.3, -0.25) is 19.8 Å². The third-order valence-electron chi connectivity index (χ3n) is 2.09. The summed E-state index contributed by atoms with van der Waals surface area (Å²) >= 11 is 0. The lowest BCUT2D eigenvalue weighted by Crippen LogP contribution is -2.57. The highest BCUT2D eigenvalue weighted by Crippen LogP contribution is 2.13. The second kappa shape index (κ2) is 3.19. The van der Waals surface area contributed by atoms with Gasteiger partial charge < -0.3 is 0 Å². The Labute approximate surface area is 77.3 Å². The summed E-state index contributed by atoms with van der Waals surface area (Å²) in [5.74, 6) is 1.96. The molecule has 13 heavy (non-hydrogen) atoms. The van der Waals surface area contributed by atoms with Gasteiger partial charge in [0.15, 0.2) is 0 Å². The number of terminal acetylenes is 1. The highest BCUT2D eigenvalue weighted by atomic mass is 16.2. The van der Waals surface area contributed by atoms with Gasteiger partial charge in [-0.05, 0) is 13.8 Å².